The van der Waals surface area contributed by atoms with Crippen LogP contribution in [0.4, 0.5) is 4.79 Å². The molecule has 2 amide bonds. The van der Waals surface area contributed by atoms with E-state index in [-0.39, 0.29) is 37.1 Å². The molecule has 4 aromatic rings. The van der Waals surface area contributed by atoms with Crippen molar-refractivity contribution in [1.29, 1.82) is 0 Å². The summed E-state index contributed by atoms with van der Waals surface area (Å²) in [6.07, 6.45) is -0.485. The molecule has 0 spiro atoms. The number of hydrogen-bond acceptors (Lipinski definition) is 7. The maximum atomic E-state index is 12.9. The summed E-state index contributed by atoms with van der Waals surface area (Å²) in [5, 5.41) is 14.7. The van der Waals surface area contributed by atoms with E-state index in [1.165, 1.54) is 0 Å². The second kappa shape index (κ2) is 12.5. The number of benzene rings is 3. The van der Waals surface area contributed by atoms with Crippen LogP contribution in [0, 0.1) is 0 Å². The van der Waals surface area contributed by atoms with E-state index in [1.54, 1.807) is 6.92 Å². The number of aliphatic carboxylic acids is 1. The normalized spacial score (nSPS) is 13.5. The van der Waals surface area contributed by atoms with Crippen molar-refractivity contribution in [2.24, 2.45) is 0 Å². The molecule has 1 aromatic heterocycles. The summed E-state index contributed by atoms with van der Waals surface area (Å²) in [7, 11) is 0. The minimum absolute atomic E-state index is 0.0537. The molecule has 1 aliphatic rings. The third-order valence-electron chi connectivity index (χ3n) is 6.97. The smallest absolute Gasteiger partial charge is 0.407 e. The molecule has 10 nitrogen and oxygen atoms in total. The van der Waals surface area contributed by atoms with Gasteiger partial charge >= 0.3 is 12.1 Å². The highest BCUT2D eigenvalue weighted by atomic mass is 16.5. The lowest BCUT2D eigenvalue weighted by Gasteiger charge is -2.21. The van der Waals surface area contributed by atoms with Gasteiger partial charge in [0.15, 0.2) is 23.9 Å². The summed E-state index contributed by atoms with van der Waals surface area (Å²) in [5.41, 5.74) is 5.14. The summed E-state index contributed by atoms with van der Waals surface area (Å²) in [6, 6.07) is 24.0. The molecule has 10 heteroatoms. The lowest BCUT2D eigenvalue weighted by Crippen LogP contribution is -2.48. The Morgan fingerprint density at radius 3 is 2.24 bits per heavy atom. The largest absolute Gasteiger partial charge is 0.480 e. The third kappa shape index (κ3) is 6.28. The number of aromatic nitrogens is 1. The standard InChI is InChI=1S/C31H29N3O7/c1-19(39-16-20-9-3-2-4-10-20)27(30(36)37)34-29(35)28-26(41-18-33-28)15-32-31(38)40-17-25-23-13-7-5-11-21(23)22-12-6-8-14-24(22)25/h2-14,18-19,25,27H,15-17H2,1H3,(H,32,38)(H,34,35)(H,36,37)/t19-,27+/m0/s1. The summed E-state index contributed by atoms with van der Waals surface area (Å²) in [6.45, 7) is 1.69. The van der Waals surface area contributed by atoms with Gasteiger partial charge in [0.25, 0.3) is 5.91 Å². The number of ether oxygens (including phenoxy) is 2. The fraction of sp³-hybridized carbons (Fsp3) is 0.226. The van der Waals surface area contributed by atoms with E-state index in [4.69, 9.17) is 13.9 Å². The molecule has 0 radical (unpaired) electrons. The molecule has 1 aliphatic carbocycles. The Morgan fingerprint density at radius 2 is 1.59 bits per heavy atom. The van der Waals surface area contributed by atoms with Crippen LogP contribution >= 0.6 is 0 Å². The molecular weight excluding hydrogens is 526 g/mol. The number of nitrogens with zero attached hydrogens (tertiary/aromatic N) is 1. The Kier molecular flexibility index (Phi) is 8.40. The van der Waals surface area contributed by atoms with Crippen molar-refractivity contribution < 1.29 is 33.4 Å². The Hall–Kier alpha value is -4.96. The fourth-order valence-electron chi connectivity index (χ4n) is 4.87. The number of oxazole rings is 1. The molecule has 0 aliphatic heterocycles. The van der Waals surface area contributed by atoms with Crippen LogP contribution in [0.5, 0.6) is 0 Å². The SMILES string of the molecule is C[C@H](OCc1ccccc1)[C@@H](NC(=O)c1ncoc1CNC(=O)OCC1c2ccccc2-c2ccccc21)C(=O)O. The highest BCUT2D eigenvalue weighted by Gasteiger charge is 2.31. The van der Waals surface area contributed by atoms with Crippen LogP contribution in [0.3, 0.4) is 0 Å². The summed E-state index contributed by atoms with van der Waals surface area (Å²) in [5.74, 6) is -2.08. The first-order chi connectivity index (χ1) is 19.9. The van der Waals surface area contributed by atoms with E-state index in [2.05, 4.69) is 27.8 Å². The van der Waals surface area contributed by atoms with E-state index in [0.717, 1.165) is 34.2 Å². The first kappa shape index (κ1) is 27.6. The molecule has 0 unspecified atom stereocenters. The molecule has 0 fully saturated rings. The Labute approximate surface area is 236 Å². The molecule has 41 heavy (non-hydrogen) atoms. The number of alkyl carbamates (subject to hydrolysis) is 1. The van der Waals surface area contributed by atoms with Crippen LogP contribution in [-0.2, 0) is 27.4 Å². The van der Waals surface area contributed by atoms with Crippen molar-refractivity contribution in [2.45, 2.75) is 38.1 Å². The van der Waals surface area contributed by atoms with E-state index in [9.17, 15) is 19.5 Å². The summed E-state index contributed by atoms with van der Waals surface area (Å²) < 4.78 is 16.5. The molecule has 1 heterocycles. The highest BCUT2D eigenvalue weighted by Crippen LogP contribution is 2.44. The molecule has 3 aromatic carbocycles. The van der Waals surface area contributed by atoms with Gasteiger partial charge in [0.2, 0.25) is 0 Å². The van der Waals surface area contributed by atoms with Gasteiger partial charge in [0.1, 0.15) is 6.61 Å². The average molecular weight is 556 g/mol. The minimum atomic E-state index is -1.34. The van der Waals surface area contributed by atoms with Gasteiger partial charge in [-0.25, -0.2) is 14.6 Å². The second-order valence-electron chi connectivity index (χ2n) is 9.59. The van der Waals surface area contributed by atoms with Crippen LogP contribution in [0.1, 0.15) is 45.8 Å². The monoisotopic (exact) mass is 555 g/mol. The first-order valence-corrected chi connectivity index (χ1v) is 13.1. The van der Waals surface area contributed by atoms with Crippen molar-refractivity contribution in [3.8, 4) is 11.1 Å². The predicted octanol–water partition coefficient (Wildman–Crippen LogP) is 4.50. The Balaban J connectivity index is 1.15. The van der Waals surface area contributed by atoms with Gasteiger partial charge in [0.05, 0.1) is 19.3 Å². The number of carboxylic acid groups (broad SMARTS) is 1. The molecular formula is C31H29N3O7. The van der Waals surface area contributed by atoms with Gasteiger partial charge in [-0.3, -0.25) is 4.79 Å². The zero-order chi connectivity index (χ0) is 28.8. The van der Waals surface area contributed by atoms with Crippen LogP contribution in [0.15, 0.2) is 89.7 Å². The van der Waals surface area contributed by atoms with Gasteiger partial charge in [-0.15, -0.1) is 0 Å². The third-order valence-corrected chi connectivity index (χ3v) is 6.97. The number of carboxylic acids is 1. The lowest BCUT2D eigenvalue weighted by atomic mass is 9.98. The van der Waals surface area contributed by atoms with E-state index >= 15 is 0 Å². The molecule has 0 saturated carbocycles. The number of amides is 2. The van der Waals surface area contributed by atoms with Gasteiger partial charge in [-0.2, -0.15) is 0 Å². The fourth-order valence-corrected chi connectivity index (χ4v) is 4.87. The minimum Gasteiger partial charge on any atom is -0.480 e. The van der Waals surface area contributed by atoms with E-state index < -0.39 is 30.1 Å². The van der Waals surface area contributed by atoms with Crippen LogP contribution in [0.25, 0.3) is 11.1 Å². The summed E-state index contributed by atoms with van der Waals surface area (Å²) >= 11 is 0. The molecule has 0 saturated heterocycles. The van der Waals surface area contributed by atoms with Crippen molar-refractivity contribution >= 4 is 18.0 Å². The average Bonchev–Trinajstić information content (AvgIpc) is 3.59. The van der Waals surface area contributed by atoms with Crippen molar-refractivity contribution in [3.05, 3.63) is 113 Å². The van der Waals surface area contributed by atoms with E-state index in [0.29, 0.717) is 0 Å². The number of nitrogens with one attached hydrogen (secondary N) is 2. The Bertz CT molecular complexity index is 1490. The number of carbonyl (C=O) groups is 3. The number of fused-ring (bicyclic) bond motifs is 3. The quantitative estimate of drug-likeness (QED) is 0.246. The van der Waals surface area contributed by atoms with Gasteiger partial charge in [-0.1, -0.05) is 78.9 Å². The zero-order valence-corrected chi connectivity index (χ0v) is 22.3. The first-order valence-electron chi connectivity index (χ1n) is 13.1. The van der Waals surface area contributed by atoms with Gasteiger partial charge in [-0.05, 0) is 34.7 Å². The number of carbonyl (C=O) groups excluding carboxylic acids is 2. The molecule has 5 rings (SSSR count). The zero-order valence-electron chi connectivity index (χ0n) is 22.3. The van der Waals surface area contributed by atoms with Crippen molar-refractivity contribution in [1.82, 2.24) is 15.6 Å². The van der Waals surface area contributed by atoms with Crippen LogP contribution in [0.2, 0.25) is 0 Å². The maximum Gasteiger partial charge on any atom is 0.407 e. The van der Waals surface area contributed by atoms with Crippen LogP contribution in [-0.4, -0.2) is 46.8 Å². The highest BCUT2D eigenvalue weighted by molar-refractivity contribution is 5.96. The second-order valence-corrected chi connectivity index (χ2v) is 9.59. The number of hydrogen-bond donors (Lipinski definition) is 3. The predicted molar refractivity (Wildman–Crippen MR) is 148 cm³/mol. The molecule has 2 atom stereocenters. The Morgan fingerprint density at radius 1 is 0.951 bits per heavy atom. The van der Waals surface area contributed by atoms with Gasteiger partial charge < -0.3 is 29.6 Å². The van der Waals surface area contributed by atoms with Crippen molar-refractivity contribution in [3.63, 3.8) is 0 Å². The molecule has 3 N–H and O–H groups in total. The number of rotatable bonds is 11. The summed E-state index contributed by atoms with van der Waals surface area (Å²) in [4.78, 5) is 41.3. The topological polar surface area (TPSA) is 140 Å². The lowest BCUT2D eigenvalue weighted by molar-refractivity contribution is -0.143. The molecule has 0 bridgehead atoms. The van der Waals surface area contributed by atoms with E-state index in [1.807, 2.05) is 66.7 Å². The maximum absolute atomic E-state index is 12.9. The van der Waals surface area contributed by atoms with Gasteiger partial charge in [0, 0.05) is 5.92 Å². The van der Waals surface area contributed by atoms with Crippen molar-refractivity contribution in [2.75, 3.05) is 6.61 Å². The van der Waals surface area contributed by atoms with Crippen LogP contribution < -0.4 is 10.6 Å². The molecule has 210 valence electrons.